The molecule has 3 aromatic rings. The van der Waals surface area contributed by atoms with Crippen LogP contribution in [0.4, 0.5) is 15.8 Å². The molecule has 0 spiro atoms. The summed E-state index contributed by atoms with van der Waals surface area (Å²) in [4.78, 5) is 38.0. The number of aryl methyl sites for hydroxylation is 2. The van der Waals surface area contributed by atoms with Gasteiger partial charge >= 0.3 is 5.63 Å². The molecular weight excluding hydrogens is 375 g/mol. The predicted octanol–water partition coefficient (Wildman–Crippen LogP) is 3.54. The van der Waals surface area contributed by atoms with Crippen LogP contribution in [0.1, 0.15) is 17.5 Å². The van der Waals surface area contributed by atoms with E-state index in [9.17, 15) is 18.8 Å². The van der Waals surface area contributed by atoms with Crippen molar-refractivity contribution in [2.45, 2.75) is 20.3 Å². The van der Waals surface area contributed by atoms with Crippen LogP contribution in [0.2, 0.25) is 0 Å². The summed E-state index contributed by atoms with van der Waals surface area (Å²) in [6.07, 6.45) is 0.0447. The second kappa shape index (κ2) is 7.16. The minimum Gasteiger partial charge on any atom is -0.423 e. The average molecular weight is 394 g/mol. The Kier molecular flexibility index (Phi) is 4.66. The largest absolute Gasteiger partial charge is 0.423 e. The standard InChI is InChI=1S/C22H19FN2O4/c1-12-3-5-16(10-18(12)23)25-11-14(8-20(25)26)22(28)24-15-4-6-17-13(2)7-21(27)29-19(17)9-15/h3-7,9-10,14H,8,11H2,1-2H3,(H,24,28). The highest BCUT2D eigenvalue weighted by molar-refractivity contribution is 6.04. The number of hydrogen-bond acceptors (Lipinski definition) is 4. The molecule has 0 bridgehead atoms. The van der Waals surface area contributed by atoms with Gasteiger partial charge in [0.15, 0.2) is 0 Å². The lowest BCUT2D eigenvalue weighted by atomic mass is 10.1. The van der Waals surface area contributed by atoms with Gasteiger partial charge in [-0.05, 0) is 49.2 Å². The lowest BCUT2D eigenvalue weighted by molar-refractivity contribution is -0.122. The van der Waals surface area contributed by atoms with Crippen molar-refractivity contribution < 1.29 is 18.4 Å². The van der Waals surface area contributed by atoms with Crippen LogP contribution in [0.3, 0.4) is 0 Å². The van der Waals surface area contributed by atoms with E-state index >= 15 is 0 Å². The fourth-order valence-corrected chi connectivity index (χ4v) is 3.53. The van der Waals surface area contributed by atoms with Crippen molar-refractivity contribution in [1.82, 2.24) is 0 Å². The van der Waals surface area contributed by atoms with Crippen molar-refractivity contribution in [1.29, 1.82) is 0 Å². The summed E-state index contributed by atoms with van der Waals surface area (Å²) < 4.78 is 19.0. The lowest BCUT2D eigenvalue weighted by Gasteiger charge is -2.17. The number of nitrogens with zero attached hydrogens (tertiary/aromatic N) is 1. The molecule has 0 saturated carbocycles. The normalized spacial score (nSPS) is 16.4. The van der Waals surface area contributed by atoms with E-state index in [0.29, 0.717) is 22.5 Å². The zero-order valence-electron chi connectivity index (χ0n) is 16.0. The number of nitrogens with one attached hydrogen (secondary N) is 1. The van der Waals surface area contributed by atoms with Gasteiger partial charge < -0.3 is 14.6 Å². The molecule has 7 heteroatoms. The van der Waals surface area contributed by atoms with E-state index in [1.165, 1.54) is 17.0 Å². The minimum absolute atomic E-state index is 0.0447. The maximum absolute atomic E-state index is 13.8. The number of carbonyl (C=O) groups is 2. The first kappa shape index (κ1) is 18.9. The Balaban J connectivity index is 1.52. The molecule has 6 nitrogen and oxygen atoms in total. The third-order valence-electron chi connectivity index (χ3n) is 5.18. The summed E-state index contributed by atoms with van der Waals surface area (Å²) >= 11 is 0. The summed E-state index contributed by atoms with van der Waals surface area (Å²) in [5.41, 5.74) is 2.12. The quantitative estimate of drug-likeness (QED) is 0.689. The second-order valence-corrected chi connectivity index (χ2v) is 7.29. The minimum atomic E-state index is -0.563. The first-order valence-corrected chi connectivity index (χ1v) is 9.24. The Morgan fingerprint density at radius 1 is 1.10 bits per heavy atom. The molecule has 2 amide bonds. The van der Waals surface area contributed by atoms with Crippen molar-refractivity contribution in [3.8, 4) is 0 Å². The van der Waals surface area contributed by atoms with Gasteiger partial charge in [-0.3, -0.25) is 9.59 Å². The van der Waals surface area contributed by atoms with Crippen LogP contribution < -0.4 is 15.8 Å². The van der Waals surface area contributed by atoms with Crippen molar-refractivity contribution in [3.63, 3.8) is 0 Å². The Morgan fingerprint density at radius 3 is 2.66 bits per heavy atom. The monoisotopic (exact) mass is 394 g/mol. The molecule has 4 rings (SSSR count). The van der Waals surface area contributed by atoms with Crippen LogP contribution in [0.25, 0.3) is 11.0 Å². The van der Waals surface area contributed by atoms with Gasteiger partial charge in [0.05, 0.1) is 5.92 Å². The molecule has 1 aliphatic heterocycles. The molecular formula is C22H19FN2O4. The Bertz CT molecular complexity index is 1200. The van der Waals surface area contributed by atoms with Gasteiger partial charge in [-0.1, -0.05) is 6.07 Å². The smallest absolute Gasteiger partial charge is 0.336 e. The first-order chi connectivity index (χ1) is 13.8. The number of fused-ring (bicyclic) bond motifs is 1. The third kappa shape index (κ3) is 3.63. The van der Waals surface area contributed by atoms with Crippen LogP contribution >= 0.6 is 0 Å². The summed E-state index contributed by atoms with van der Waals surface area (Å²) in [6, 6.07) is 11.1. The van der Waals surface area contributed by atoms with Gasteiger partial charge in [-0.15, -0.1) is 0 Å². The van der Waals surface area contributed by atoms with Gasteiger partial charge in [0.1, 0.15) is 11.4 Å². The molecule has 1 N–H and O–H groups in total. The molecule has 2 heterocycles. The number of halogens is 1. The van der Waals surface area contributed by atoms with Crippen molar-refractivity contribution in [2.24, 2.45) is 5.92 Å². The molecule has 1 aromatic heterocycles. The zero-order valence-corrected chi connectivity index (χ0v) is 16.0. The van der Waals surface area contributed by atoms with Crippen molar-refractivity contribution in [3.05, 3.63) is 69.8 Å². The number of rotatable bonds is 3. The van der Waals surface area contributed by atoms with E-state index < -0.39 is 17.4 Å². The van der Waals surface area contributed by atoms with E-state index in [2.05, 4.69) is 5.32 Å². The number of anilines is 2. The molecule has 0 radical (unpaired) electrons. The lowest BCUT2D eigenvalue weighted by Crippen LogP contribution is -2.28. The Labute approximate surface area is 165 Å². The fraction of sp³-hybridized carbons (Fsp3) is 0.227. The van der Waals surface area contributed by atoms with Crippen molar-refractivity contribution >= 4 is 34.2 Å². The summed E-state index contributed by atoms with van der Waals surface area (Å²) in [5.74, 6) is -1.50. The van der Waals surface area contributed by atoms with Crippen LogP contribution in [-0.4, -0.2) is 18.4 Å². The summed E-state index contributed by atoms with van der Waals surface area (Å²) in [5, 5.41) is 3.56. The molecule has 1 atom stereocenters. The predicted molar refractivity (Wildman–Crippen MR) is 107 cm³/mol. The summed E-state index contributed by atoms with van der Waals surface area (Å²) in [7, 11) is 0. The maximum Gasteiger partial charge on any atom is 0.336 e. The van der Waals surface area contributed by atoms with E-state index in [4.69, 9.17) is 4.42 Å². The molecule has 29 heavy (non-hydrogen) atoms. The van der Waals surface area contributed by atoms with Crippen LogP contribution in [0, 0.1) is 25.6 Å². The topological polar surface area (TPSA) is 79.6 Å². The van der Waals surface area contributed by atoms with Crippen LogP contribution in [-0.2, 0) is 9.59 Å². The highest BCUT2D eigenvalue weighted by Crippen LogP contribution is 2.28. The van der Waals surface area contributed by atoms with Crippen LogP contribution in [0.15, 0.2) is 51.7 Å². The van der Waals surface area contributed by atoms with E-state index in [1.807, 2.05) is 6.92 Å². The SMILES string of the molecule is Cc1ccc(N2CC(C(=O)Nc3ccc4c(C)cc(=O)oc4c3)CC2=O)cc1F. The number of hydrogen-bond donors (Lipinski definition) is 1. The Hall–Kier alpha value is -3.48. The van der Waals surface area contributed by atoms with E-state index in [-0.39, 0.29) is 24.8 Å². The average Bonchev–Trinajstić information content (AvgIpc) is 3.05. The fourth-order valence-electron chi connectivity index (χ4n) is 3.53. The molecule has 0 aliphatic carbocycles. The van der Waals surface area contributed by atoms with Crippen LogP contribution in [0.5, 0.6) is 0 Å². The first-order valence-electron chi connectivity index (χ1n) is 9.24. The van der Waals surface area contributed by atoms with Gasteiger partial charge in [0, 0.05) is 41.9 Å². The molecule has 148 valence electrons. The Morgan fingerprint density at radius 2 is 1.90 bits per heavy atom. The van der Waals surface area contributed by atoms with E-state index in [0.717, 1.165) is 10.9 Å². The van der Waals surface area contributed by atoms with Crippen molar-refractivity contribution in [2.75, 3.05) is 16.8 Å². The van der Waals surface area contributed by atoms with E-state index in [1.54, 1.807) is 37.3 Å². The highest BCUT2D eigenvalue weighted by Gasteiger charge is 2.35. The third-order valence-corrected chi connectivity index (χ3v) is 5.18. The molecule has 1 saturated heterocycles. The zero-order chi connectivity index (χ0) is 20.7. The van der Waals surface area contributed by atoms with Gasteiger partial charge in [0.2, 0.25) is 11.8 Å². The maximum atomic E-state index is 13.8. The summed E-state index contributed by atoms with van der Waals surface area (Å²) in [6.45, 7) is 3.63. The number of amides is 2. The van der Waals surface area contributed by atoms with Gasteiger partial charge in [-0.25, -0.2) is 9.18 Å². The molecule has 2 aromatic carbocycles. The van der Waals surface area contributed by atoms with Gasteiger partial charge in [0.25, 0.3) is 0 Å². The van der Waals surface area contributed by atoms with Gasteiger partial charge in [-0.2, -0.15) is 0 Å². The highest BCUT2D eigenvalue weighted by atomic mass is 19.1. The second-order valence-electron chi connectivity index (χ2n) is 7.29. The number of carbonyl (C=O) groups excluding carboxylic acids is 2. The molecule has 1 fully saturated rings. The molecule has 1 unspecified atom stereocenters. The molecule has 1 aliphatic rings. The number of benzene rings is 2.